The first-order valence-electron chi connectivity index (χ1n) is 11.7. The lowest BCUT2D eigenvalue weighted by Gasteiger charge is -2.44. The van der Waals surface area contributed by atoms with Gasteiger partial charge >= 0.3 is 0 Å². The fraction of sp³-hybridized carbons (Fsp3) is 0.500. The van der Waals surface area contributed by atoms with Gasteiger partial charge in [-0.3, -0.25) is 14.8 Å². The maximum Gasteiger partial charge on any atom is 0.190 e. The molecule has 1 aromatic rings. The highest BCUT2D eigenvalue weighted by molar-refractivity contribution is 5.74. The number of benzene rings is 1. The van der Waals surface area contributed by atoms with Crippen LogP contribution in [-0.4, -0.2) is 26.4 Å². The summed E-state index contributed by atoms with van der Waals surface area (Å²) in [6.45, 7) is 19.0. The molecule has 1 heterocycles. The monoisotopic (exact) mass is 463 g/mol. The van der Waals surface area contributed by atoms with Crippen LogP contribution < -0.4 is 16.1 Å². The first-order valence-corrected chi connectivity index (χ1v) is 11.7. The van der Waals surface area contributed by atoms with Crippen molar-refractivity contribution in [3.63, 3.8) is 0 Å². The van der Waals surface area contributed by atoms with Crippen molar-refractivity contribution in [1.29, 1.82) is 0 Å². The summed E-state index contributed by atoms with van der Waals surface area (Å²) in [5, 5.41) is 28.8. The Morgan fingerprint density at radius 1 is 0.735 bits per heavy atom. The fourth-order valence-electron chi connectivity index (χ4n) is 4.84. The van der Waals surface area contributed by atoms with Gasteiger partial charge in [-0.25, -0.2) is 5.06 Å². The van der Waals surface area contributed by atoms with Gasteiger partial charge in [-0.05, 0) is 68.0 Å². The molecular weight excluding hydrogens is 428 g/mol. The molecule has 3 aliphatic rings. The van der Waals surface area contributed by atoms with Gasteiger partial charge in [0.15, 0.2) is 10.9 Å². The topological polar surface area (TPSA) is 83.9 Å². The Kier molecular flexibility index (Phi) is 4.97. The van der Waals surface area contributed by atoms with Crippen LogP contribution in [0.15, 0.2) is 33.9 Å². The van der Waals surface area contributed by atoms with Gasteiger partial charge in [-0.15, -0.1) is 0 Å². The molecule has 0 spiro atoms. The van der Waals surface area contributed by atoms with E-state index >= 15 is 0 Å². The van der Waals surface area contributed by atoms with Gasteiger partial charge in [0.2, 0.25) is 0 Å². The Bertz CT molecular complexity index is 1430. The summed E-state index contributed by atoms with van der Waals surface area (Å²) < 4.78 is 0. The zero-order valence-corrected chi connectivity index (χ0v) is 21.9. The number of nitrogens with zero attached hydrogens (tertiary/aromatic N) is 2. The highest BCUT2D eigenvalue weighted by atomic mass is 16.6. The van der Waals surface area contributed by atoms with E-state index in [1.165, 1.54) is 0 Å². The second-order valence-electron chi connectivity index (χ2n) is 12.7. The molecule has 0 radical (unpaired) electrons. The predicted molar refractivity (Wildman–Crippen MR) is 136 cm³/mol. The van der Waals surface area contributed by atoms with E-state index in [0.717, 1.165) is 15.3 Å². The molecule has 1 aliphatic heterocycles. The third-order valence-electron chi connectivity index (χ3n) is 7.81. The Morgan fingerprint density at radius 2 is 1.15 bits per heavy atom. The van der Waals surface area contributed by atoms with Crippen LogP contribution in [0.3, 0.4) is 0 Å². The van der Waals surface area contributed by atoms with Crippen LogP contribution in [0.1, 0.15) is 80.4 Å². The molecule has 34 heavy (non-hydrogen) atoms. The predicted octanol–water partition coefficient (Wildman–Crippen LogP) is 4.16. The van der Waals surface area contributed by atoms with E-state index < -0.39 is 21.9 Å². The van der Waals surface area contributed by atoms with E-state index in [1.54, 1.807) is 39.8 Å². The normalized spacial score (nSPS) is 18.5. The maximum atomic E-state index is 13.7. The Balaban J connectivity index is 2.33. The third-order valence-corrected chi connectivity index (χ3v) is 7.81. The van der Waals surface area contributed by atoms with Crippen LogP contribution in [0.4, 0.5) is 0 Å². The standard InChI is InChI=1S/C28H35N2O4/c1-25(2,3)19-13-15-14-20(26(4,5)6)23(32)18-12-16(11-17(21(15)18)22(19)31)24-29(33)27(7,8)28(9,10)30(24)34/h11-14,33H,1-10H3/q-1. The number of hydrogen-bond acceptors (Lipinski definition) is 6. The van der Waals surface area contributed by atoms with Gasteiger partial charge in [0.1, 0.15) is 5.82 Å². The SMILES string of the molecule is CC(C)(C)c1cc2cc(C(C)(C)C)c(=O)c3cc(=C4N([O-])C(C)(C)C(C)(C)N4O)cc(c1=O)c3=2. The molecule has 0 aromatic heterocycles. The summed E-state index contributed by atoms with van der Waals surface area (Å²) in [6.07, 6.45) is 0. The summed E-state index contributed by atoms with van der Waals surface area (Å²) in [7, 11) is 0. The van der Waals surface area contributed by atoms with Crippen LogP contribution in [0.2, 0.25) is 0 Å². The van der Waals surface area contributed by atoms with Crippen molar-refractivity contribution in [3.05, 3.63) is 76.7 Å². The van der Waals surface area contributed by atoms with Gasteiger partial charge < -0.3 is 10.3 Å². The maximum absolute atomic E-state index is 13.7. The van der Waals surface area contributed by atoms with Gasteiger partial charge in [-0.2, -0.15) is 0 Å². The van der Waals surface area contributed by atoms with E-state index in [2.05, 4.69) is 0 Å². The molecule has 0 unspecified atom stereocenters. The lowest BCUT2D eigenvalue weighted by Crippen LogP contribution is -2.52. The molecule has 1 N–H and O–H groups in total. The molecule has 1 aromatic carbocycles. The molecule has 1 saturated heterocycles. The zero-order valence-electron chi connectivity index (χ0n) is 21.9. The molecule has 2 aliphatic carbocycles. The summed E-state index contributed by atoms with van der Waals surface area (Å²) in [5.74, 6) is 0.0370. The van der Waals surface area contributed by atoms with E-state index in [-0.39, 0.29) is 16.7 Å². The van der Waals surface area contributed by atoms with Crippen molar-refractivity contribution in [2.75, 3.05) is 0 Å². The van der Waals surface area contributed by atoms with Crippen LogP contribution in [-0.2, 0) is 10.8 Å². The van der Waals surface area contributed by atoms with Crippen molar-refractivity contribution in [3.8, 4) is 0 Å². The molecule has 6 nitrogen and oxygen atoms in total. The largest absolute Gasteiger partial charge is 0.757 e. The van der Waals surface area contributed by atoms with E-state index in [0.29, 0.717) is 32.3 Å². The highest BCUT2D eigenvalue weighted by Crippen LogP contribution is 2.43. The molecule has 0 amide bonds. The number of hydroxylamine groups is 4. The van der Waals surface area contributed by atoms with Crippen molar-refractivity contribution in [1.82, 2.24) is 10.1 Å². The van der Waals surface area contributed by atoms with Crippen LogP contribution in [0.25, 0.3) is 16.6 Å². The molecule has 0 saturated carbocycles. The quantitative estimate of drug-likeness (QED) is 0.539. The van der Waals surface area contributed by atoms with E-state index in [9.17, 15) is 20.0 Å². The first-order chi connectivity index (χ1) is 15.3. The molecule has 6 heteroatoms. The second-order valence-corrected chi connectivity index (χ2v) is 12.7. The second kappa shape index (κ2) is 6.92. The van der Waals surface area contributed by atoms with Gasteiger partial charge in [0.25, 0.3) is 0 Å². The summed E-state index contributed by atoms with van der Waals surface area (Å²) in [4.78, 5) is 27.4. The lowest BCUT2D eigenvalue weighted by atomic mass is 9.81. The Hall–Kier alpha value is -2.70. The van der Waals surface area contributed by atoms with Crippen molar-refractivity contribution >= 4 is 16.6 Å². The molecule has 1 fully saturated rings. The average molecular weight is 464 g/mol. The smallest absolute Gasteiger partial charge is 0.190 e. The molecule has 0 bridgehead atoms. The minimum atomic E-state index is -0.942. The molecular formula is C28H35N2O4-. The van der Waals surface area contributed by atoms with Crippen LogP contribution in [0.5, 0.6) is 0 Å². The zero-order chi connectivity index (χ0) is 25.8. The highest BCUT2D eigenvalue weighted by Gasteiger charge is 2.51. The van der Waals surface area contributed by atoms with Crippen molar-refractivity contribution in [2.24, 2.45) is 0 Å². The van der Waals surface area contributed by atoms with E-state index in [1.807, 2.05) is 53.7 Å². The molecule has 0 atom stereocenters. The lowest BCUT2D eigenvalue weighted by molar-refractivity contribution is -0.106. The Labute approximate surface area is 200 Å². The average Bonchev–Trinajstić information content (AvgIpc) is 2.81. The summed E-state index contributed by atoms with van der Waals surface area (Å²) >= 11 is 0. The minimum absolute atomic E-state index is 0.0370. The van der Waals surface area contributed by atoms with Gasteiger partial charge in [0, 0.05) is 37.9 Å². The first kappa shape index (κ1) is 24.4. The number of rotatable bonds is 0. The van der Waals surface area contributed by atoms with E-state index in [4.69, 9.17) is 0 Å². The van der Waals surface area contributed by atoms with Gasteiger partial charge in [-0.1, -0.05) is 41.5 Å². The Morgan fingerprint density at radius 3 is 1.47 bits per heavy atom. The van der Waals surface area contributed by atoms with Crippen LogP contribution in [0, 0.1) is 15.6 Å². The van der Waals surface area contributed by atoms with Gasteiger partial charge in [0.05, 0.1) is 5.54 Å². The summed E-state index contributed by atoms with van der Waals surface area (Å²) in [6, 6.07) is 7.12. The summed E-state index contributed by atoms with van der Waals surface area (Å²) in [5.41, 5.74) is -1.68. The third kappa shape index (κ3) is 3.15. The fourth-order valence-corrected chi connectivity index (χ4v) is 4.84. The van der Waals surface area contributed by atoms with Crippen molar-refractivity contribution in [2.45, 2.75) is 91.1 Å². The minimum Gasteiger partial charge on any atom is -0.757 e. The van der Waals surface area contributed by atoms with Crippen LogP contribution >= 0.6 is 0 Å². The molecule has 4 rings (SSSR count). The molecule has 182 valence electrons. The van der Waals surface area contributed by atoms with Crippen molar-refractivity contribution < 1.29 is 5.21 Å². The number of hydrogen-bond donors (Lipinski definition) is 1.